The van der Waals surface area contributed by atoms with Gasteiger partial charge >= 0.3 is 0 Å². The second-order valence-corrected chi connectivity index (χ2v) is 2.11. The van der Waals surface area contributed by atoms with Crippen molar-refractivity contribution in [2.45, 2.75) is 19.6 Å². The number of aliphatic hydroxyl groups excluding tert-OH is 1. The zero-order valence-corrected chi connectivity index (χ0v) is 5.29. The Morgan fingerprint density at radius 2 is 2.56 bits per heavy atom. The van der Waals surface area contributed by atoms with E-state index >= 15 is 0 Å². The predicted molar refractivity (Wildman–Crippen MR) is 31.1 cm³/mol. The molecule has 1 aliphatic heterocycles. The van der Waals surface area contributed by atoms with Gasteiger partial charge in [0.2, 0.25) is 5.91 Å². The summed E-state index contributed by atoms with van der Waals surface area (Å²) in [7, 11) is 0. The smallest absolute Gasteiger partial charge is 0.235 e. The first-order valence-electron chi connectivity index (χ1n) is 2.94. The summed E-state index contributed by atoms with van der Waals surface area (Å²) in [5.74, 6) is -0.0177. The molecule has 1 aliphatic rings. The Morgan fingerprint density at radius 1 is 1.89 bits per heavy atom. The van der Waals surface area contributed by atoms with Crippen LogP contribution in [0.15, 0.2) is 0 Å². The highest BCUT2D eigenvalue weighted by molar-refractivity contribution is 5.77. The van der Waals surface area contributed by atoms with E-state index in [1.165, 1.54) is 5.01 Å². The average molecular weight is 130 g/mol. The average Bonchev–Trinajstić information content (AvgIpc) is 2.14. The highest BCUT2D eigenvalue weighted by Gasteiger charge is 2.20. The molecule has 52 valence electrons. The molecule has 0 spiro atoms. The van der Waals surface area contributed by atoms with Crippen LogP contribution in [0.4, 0.5) is 0 Å². The molecule has 1 fully saturated rings. The molecule has 9 heavy (non-hydrogen) atoms. The molecule has 1 amide bonds. The molecule has 4 nitrogen and oxygen atoms in total. The highest BCUT2D eigenvalue weighted by Crippen LogP contribution is 2.00. The lowest BCUT2D eigenvalue weighted by Crippen LogP contribution is -2.39. The first-order valence-corrected chi connectivity index (χ1v) is 2.94. The van der Waals surface area contributed by atoms with Gasteiger partial charge in [0.05, 0.1) is 0 Å². The molecule has 0 aliphatic carbocycles. The number of hydrazine groups is 1. The lowest BCUT2D eigenvalue weighted by molar-refractivity contribution is -0.123. The van der Waals surface area contributed by atoms with Gasteiger partial charge in [0.1, 0.15) is 6.23 Å². The number of nitrogens with one attached hydrogen (secondary N) is 1. The molecule has 0 aromatic rings. The maximum Gasteiger partial charge on any atom is 0.235 e. The number of hydrogen-bond acceptors (Lipinski definition) is 3. The van der Waals surface area contributed by atoms with E-state index in [0.29, 0.717) is 13.0 Å². The summed E-state index contributed by atoms with van der Waals surface area (Å²) >= 11 is 0. The third-order valence-electron chi connectivity index (χ3n) is 1.30. The van der Waals surface area contributed by atoms with Gasteiger partial charge in [-0.05, 0) is 6.92 Å². The molecule has 1 heterocycles. The molecule has 0 bridgehead atoms. The van der Waals surface area contributed by atoms with Crippen molar-refractivity contribution in [3.8, 4) is 0 Å². The summed E-state index contributed by atoms with van der Waals surface area (Å²) in [5.41, 5.74) is 2.50. The molecule has 0 radical (unpaired) electrons. The van der Waals surface area contributed by atoms with Gasteiger partial charge in [0, 0.05) is 13.0 Å². The third kappa shape index (κ3) is 1.40. The summed E-state index contributed by atoms with van der Waals surface area (Å²) in [6, 6.07) is 0. The predicted octanol–water partition coefficient (Wildman–Crippen LogP) is -0.938. The second-order valence-electron chi connectivity index (χ2n) is 2.11. The van der Waals surface area contributed by atoms with Crippen LogP contribution in [-0.2, 0) is 4.79 Å². The molecule has 1 saturated heterocycles. The molecule has 1 unspecified atom stereocenters. The van der Waals surface area contributed by atoms with Crippen LogP contribution in [0.1, 0.15) is 13.3 Å². The van der Waals surface area contributed by atoms with Gasteiger partial charge in [-0.15, -0.1) is 0 Å². The Labute approximate surface area is 53.4 Å². The largest absolute Gasteiger partial charge is 0.377 e. The van der Waals surface area contributed by atoms with E-state index in [4.69, 9.17) is 5.11 Å². The number of carbonyl (C=O) groups is 1. The maximum absolute atomic E-state index is 10.5. The molecular formula is C5H10N2O2. The summed E-state index contributed by atoms with van der Waals surface area (Å²) in [4.78, 5) is 10.5. The van der Waals surface area contributed by atoms with Gasteiger partial charge in [-0.3, -0.25) is 10.2 Å². The van der Waals surface area contributed by atoms with Gasteiger partial charge in [0.25, 0.3) is 0 Å². The molecule has 4 heteroatoms. The van der Waals surface area contributed by atoms with E-state index in [1.54, 1.807) is 6.92 Å². The fourth-order valence-corrected chi connectivity index (χ4v) is 0.774. The Morgan fingerprint density at radius 3 is 2.78 bits per heavy atom. The summed E-state index contributed by atoms with van der Waals surface area (Å²) in [5, 5.41) is 10.4. The van der Waals surface area contributed by atoms with Crippen LogP contribution >= 0.6 is 0 Å². The van der Waals surface area contributed by atoms with Crippen molar-refractivity contribution in [3.63, 3.8) is 0 Å². The Hall–Kier alpha value is -0.610. The zero-order valence-electron chi connectivity index (χ0n) is 5.29. The Kier molecular flexibility index (Phi) is 1.68. The van der Waals surface area contributed by atoms with Crippen molar-refractivity contribution in [2.75, 3.05) is 6.54 Å². The van der Waals surface area contributed by atoms with Crippen LogP contribution in [0.25, 0.3) is 0 Å². The molecular weight excluding hydrogens is 120 g/mol. The van der Waals surface area contributed by atoms with Gasteiger partial charge < -0.3 is 5.11 Å². The molecule has 1 atom stereocenters. The van der Waals surface area contributed by atoms with E-state index in [0.717, 1.165) is 0 Å². The van der Waals surface area contributed by atoms with Gasteiger partial charge in [-0.2, -0.15) is 5.01 Å². The Balaban J connectivity index is 2.39. The van der Waals surface area contributed by atoms with Gasteiger partial charge in [-0.1, -0.05) is 0 Å². The van der Waals surface area contributed by atoms with Gasteiger partial charge in [0.15, 0.2) is 0 Å². The lowest BCUT2D eigenvalue weighted by atomic mass is 10.4. The van der Waals surface area contributed by atoms with E-state index < -0.39 is 6.23 Å². The monoisotopic (exact) mass is 130 g/mol. The number of amides is 1. The fraction of sp³-hybridized carbons (Fsp3) is 0.800. The summed E-state index contributed by atoms with van der Waals surface area (Å²) in [6.45, 7) is 2.22. The number of aliphatic hydroxyl groups is 1. The topological polar surface area (TPSA) is 52.6 Å². The fourth-order valence-electron chi connectivity index (χ4n) is 0.774. The van der Waals surface area contributed by atoms with Gasteiger partial charge in [-0.25, -0.2) is 0 Å². The quantitative estimate of drug-likeness (QED) is 0.481. The number of carbonyl (C=O) groups excluding carboxylic acids is 1. The first kappa shape index (κ1) is 6.51. The zero-order chi connectivity index (χ0) is 6.85. The molecule has 0 aromatic carbocycles. The van der Waals surface area contributed by atoms with E-state index in [2.05, 4.69) is 5.43 Å². The first-order chi connectivity index (χ1) is 4.20. The number of rotatable bonds is 1. The summed E-state index contributed by atoms with van der Waals surface area (Å²) in [6.07, 6.45) is -0.0818. The normalized spacial score (nSPS) is 24.0. The van der Waals surface area contributed by atoms with Crippen molar-refractivity contribution in [1.29, 1.82) is 0 Å². The summed E-state index contributed by atoms with van der Waals surface area (Å²) < 4.78 is 0. The van der Waals surface area contributed by atoms with Crippen LogP contribution in [0, 0.1) is 0 Å². The van der Waals surface area contributed by atoms with Crippen LogP contribution in [0.5, 0.6) is 0 Å². The SMILES string of the molecule is CC(O)N1CCC(=O)N1. The van der Waals surface area contributed by atoms with Crippen molar-refractivity contribution >= 4 is 5.91 Å². The van der Waals surface area contributed by atoms with E-state index in [-0.39, 0.29) is 5.91 Å². The molecule has 1 rings (SSSR count). The van der Waals surface area contributed by atoms with E-state index in [9.17, 15) is 4.79 Å². The van der Waals surface area contributed by atoms with E-state index in [1.807, 2.05) is 0 Å². The third-order valence-corrected chi connectivity index (χ3v) is 1.30. The minimum atomic E-state index is -0.573. The van der Waals surface area contributed by atoms with Crippen LogP contribution < -0.4 is 5.43 Å². The maximum atomic E-state index is 10.5. The van der Waals surface area contributed by atoms with Crippen molar-refractivity contribution in [3.05, 3.63) is 0 Å². The highest BCUT2D eigenvalue weighted by atomic mass is 16.3. The molecule has 0 saturated carbocycles. The second kappa shape index (κ2) is 2.33. The minimum absolute atomic E-state index is 0.0177. The standard InChI is InChI=1S/C5H10N2O2/c1-4(8)7-3-2-5(9)6-7/h4,8H,2-3H2,1H3,(H,6,9). The van der Waals surface area contributed by atoms with Crippen LogP contribution in [0.2, 0.25) is 0 Å². The molecule has 2 N–H and O–H groups in total. The van der Waals surface area contributed by atoms with Crippen molar-refractivity contribution in [2.24, 2.45) is 0 Å². The minimum Gasteiger partial charge on any atom is -0.377 e. The Bertz CT molecular complexity index is 124. The van der Waals surface area contributed by atoms with Crippen molar-refractivity contribution in [1.82, 2.24) is 10.4 Å². The lowest BCUT2D eigenvalue weighted by Gasteiger charge is -2.16. The van der Waals surface area contributed by atoms with Crippen LogP contribution in [-0.4, -0.2) is 28.8 Å². The number of hydrogen-bond donors (Lipinski definition) is 2. The number of nitrogens with zero attached hydrogens (tertiary/aromatic N) is 1. The molecule has 0 aromatic heterocycles. The van der Waals surface area contributed by atoms with Crippen molar-refractivity contribution < 1.29 is 9.90 Å². The van der Waals surface area contributed by atoms with Crippen LogP contribution in [0.3, 0.4) is 0 Å².